The number of rotatable bonds is 8. The molecule has 0 radical (unpaired) electrons. The summed E-state index contributed by atoms with van der Waals surface area (Å²) in [7, 11) is -3.51. The average molecular weight is 489 g/mol. The maximum atomic E-state index is 12.8. The highest BCUT2D eigenvalue weighted by Crippen LogP contribution is 2.22. The van der Waals surface area contributed by atoms with Gasteiger partial charge in [-0.1, -0.05) is 48.0 Å². The first kappa shape index (κ1) is 24.2. The van der Waals surface area contributed by atoms with Crippen molar-refractivity contribution >= 4 is 21.6 Å². The SMILES string of the molecule is Cc1ccc(CN(c2ccc(C(=O)NCc3ccccc3-n3ccnc3C)cc2)S(C)(=O)=O)cc1. The zero-order chi connectivity index (χ0) is 25.0. The number of aromatic nitrogens is 2. The highest BCUT2D eigenvalue weighted by atomic mass is 32.2. The molecule has 0 saturated heterocycles. The molecule has 1 N–H and O–H groups in total. The molecule has 1 amide bonds. The number of benzene rings is 3. The van der Waals surface area contributed by atoms with Gasteiger partial charge in [0.15, 0.2) is 0 Å². The Morgan fingerprint density at radius 2 is 1.66 bits per heavy atom. The van der Waals surface area contributed by atoms with Gasteiger partial charge in [-0.2, -0.15) is 0 Å². The largest absolute Gasteiger partial charge is 0.348 e. The van der Waals surface area contributed by atoms with Gasteiger partial charge in [0.1, 0.15) is 5.82 Å². The van der Waals surface area contributed by atoms with Crippen molar-refractivity contribution < 1.29 is 13.2 Å². The van der Waals surface area contributed by atoms with Crippen LogP contribution in [0.1, 0.15) is 32.9 Å². The van der Waals surface area contributed by atoms with Crippen molar-refractivity contribution in [1.82, 2.24) is 14.9 Å². The van der Waals surface area contributed by atoms with Crippen molar-refractivity contribution in [2.45, 2.75) is 26.9 Å². The molecule has 1 aromatic heterocycles. The van der Waals surface area contributed by atoms with Crippen LogP contribution in [-0.4, -0.2) is 30.1 Å². The van der Waals surface area contributed by atoms with Crippen LogP contribution in [-0.2, 0) is 23.1 Å². The molecular formula is C27H28N4O3S. The molecule has 0 saturated carbocycles. The molecular weight excluding hydrogens is 460 g/mol. The zero-order valence-corrected chi connectivity index (χ0v) is 20.8. The van der Waals surface area contributed by atoms with E-state index in [0.717, 1.165) is 28.2 Å². The Labute approximate surface area is 206 Å². The number of nitrogens with zero attached hydrogens (tertiary/aromatic N) is 3. The Balaban J connectivity index is 1.48. The first-order valence-corrected chi connectivity index (χ1v) is 13.1. The smallest absolute Gasteiger partial charge is 0.251 e. The third-order valence-corrected chi connectivity index (χ3v) is 6.92. The van der Waals surface area contributed by atoms with Crippen LogP contribution in [0, 0.1) is 13.8 Å². The molecule has 7 nitrogen and oxygen atoms in total. The summed E-state index contributed by atoms with van der Waals surface area (Å²) in [5.74, 6) is 0.624. The van der Waals surface area contributed by atoms with Crippen molar-refractivity contribution in [3.63, 3.8) is 0 Å². The number of hydrogen-bond donors (Lipinski definition) is 1. The molecule has 0 fully saturated rings. The van der Waals surface area contributed by atoms with Gasteiger partial charge in [-0.3, -0.25) is 9.10 Å². The number of aryl methyl sites for hydroxylation is 2. The average Bonchev–Trinajstić information content (AvgIpc) is 3.27. The van der Waals surface area contributed by atoms with Crippen LogP contribution in [0.25, 0.3) is 5.69 Å². The lowest BCUT2D eigenvalue weighted by Crippen LogP contribution is -2.29. The predicted octanol–water partition coefficient (Wildman–Crippen LogP) is 4.39. The van der Waals surface area contributed by atoms with Crippen molar-refractivity contribution in [3.8, 4) is 5.69 Å². The van der Waals surface area contributed by atoms with Gasteiger partial charge in [-0.05, 0) is 55.3 Å². The number of carbonyl (C=O) groups excluding carboxylic acids is 1. The highest BCUT2D eigenvalue weighted by Gasteiger charge is 2.18. The number of anilines is 1. The van der Waals surface area contributed by atoms with E-state index < -0.39 is 10.0 Å². The van der Waals surface area contributed by atoms with Gasteiger partial charge in [0, 0.05) is 24.5 Å². The molecule has 0 aliphatic rings. The second kappa shape index (κ2) is 10.1. The molecule has 1 heterocycles. The number of amides is 1. The first-order chi connectivity index (χ1) is 16.7. The van der Waals surface area contributed by atoms with Crippen LogP contribution < -0.4 is 9.62 Å². The summed E-state index contributed by atoms with van der Waals surface area (Å²) in [4.78, 5) is 17.1. The summed E-state index contributed by atoms with van der Waals surface area (Å²) in [6, 6.07) is 22.2. The predicted molar refractivity (Wildman–Crippen MR) is 138 cm³/mol. The summed E-state index contributed by atoms with van der Waals surface area (Å²) in [5.41, 5.74) is 4.87. The van der Waals surface area contributed by atoms with E-state index in [0.29, 0.717) is 17.8 Å². The minimum atomic E-state index is -3.51. The fourth-order valence-corrected chi connectivity index (χ4v) is 4.73. The van der Waals surface area contributed by atoms with E-state index in [1.54, 1.807) is 30.5 Å². The molecule has 0 unspecified atom stereocenters. The van der Waals surface area contributed by atoms with Gasteiger partial charge in [0.25, 0.3) is 5.91 Å². The van der Waals surface area contributed by atoms with E-state index >= 15 is 0 Å². The Morgan fingerprint density at radius 3 is 2.29 bits per heavy atom. The van der Waals surface area contributed by atoms with Gasteiger partial charge in [-0.25, -0.2) is 13.4 Å². The maximum absolute atomic E-state index is 12.8. The minimum Gasteiger partial charge on any atom is -0.348 e. The van der Waals surface area contributed by atoms with Gasteiger partial charge in [0.05, 0.1) is 24.2 Å². The Kier molecular flexibility index (Phi) is 7.02. The molecule has 4 rings (SSSR count). The summed E-state index contributed by atoms with van der Waals surface area (Å²) in [6.07, 6.45) is 4.81. The molecule has 35 heavy (non-hydrogen) atoms. The van der Waals surface area contributed by atoms with E-state index in [-0.39, 0.29) is 12.5 Å². The molecule has 4 aromatic rings. The molecule has 3 aromatic carbocycles. The molecule has 0 spiro atoms. The van der Waals surface area contributed by atoms with Crippen LogP contribution in [0.5, 0.6) is 0 Å². The monoisotopic (exact) mass is 488 g/mol. The number of carbonyl (C=O) groups is 1. The number of sulfonamides is 1. The third kappa shape index (κ3) is 5.78. The lowest BCUT2D eigenvalue weighted by Gasteiger charge is -2.23. The van der Waals surface area contributed by atoms with Crippen molar-refractivity contribution in [1.29, 1.82) is 0 Å². The van der Waals surface area contributed by atoms with Crippen LogP contribution in [0.15, 0.2) is 85.2 Å². The lowest BCUT2D eigenvalue weighted by atomic mass is 10.1. The number of para-hydroxylation sites is 1. The molecule has 180 valence electrons. The number of hydrogen-bond acceptors (Lipinski definition) is 4. The summed E-state index contributed by atoms with van der Waals surface area (Å²) in [6.45, 7) is 4.47. The normalized spacial score (nSPS) is 11.3. The zero-order valence-electron chi connectivity index (χ0n) is 20.0. The molecule has 0 bridgehead atoms. The van der Waals surface area contributed by atoms with E-state index in [1.807, 2.05) is 73.1 Å². The molecule has 8 heteroatoms. The molecule has 0 atom stereocenters. The quantitative estimate of drug-likeness (QED) is 0.399. The van der Waals surface area contributed by atoms with E-state index in [4.69, 9.17) is 0 Å². The van der Waals surface area contributed by atoms with Crippen LogP contribution in [0.4, 0.5) is 5.69 Å². The second-order valence-corrected chi connectivity index (χ2v) is 10.4. The molecule has 0 aliphatic carbocycles. The Morgan fingerprint density at radius 1 is 0.971 bits per heavy atom. The van der Waals surface area contributed by atoms with Gasteiger partial charge >= 0.3 is 0 Å². The number of imidazole rings is 1. The third-order valence-electron chi connectivity index (χ3n) is 5.78. The van der Waals surface area contributed by atoms with Crippen LogP contribution in [0.3, 0.4) is 0 Å². The van der Waals surface area contributed by atoms with E-state index in [1.165, 1.54) is 10.6 Å². The second-order valence-electron chi connectivity index (χ2n) is 8.46. The molecule has 0 aliphatic heterocycles. The Hall–Kier alpha value is -3.91. The minimum absolute atomic E-state index is 0.217. The highest BCUT2D eigenvalue weighted by molar-refractivity contribution is 7.92. The standard InChI is InChI=1S/C27H28N4O3S/c1-20-8-10-22(11-9-20)19-31(35(3,33)34)25-14-12-23(13-15-25)27(32)29-18-24-6-4-5-7-26(24)30-17-16-28-21(30)2/h4-17H,18-19H2,1-3H3,(H,29,32). The van der Waals surface area contributed by atoms with Gasteiger partial charge in [-0.15, -0.1) is 0 Å². The van der Waals surface area contributed by atoms with Gasteiger partial charge < -0.3 is 9.88 Å². The topological polar surface area (TPSA) is 84.3 Å². The summed E-state index contributed by atoms with van der Waals surface area (Å²) >= 11 is 0. The first-order valence-electron chi connectivity index (χ1n) is 11.2. The fraction of sp³-hybridized carbons (Fsp3) is 0.185. The van der Waals surface area contributed by atoms with Crippen molar-refractivity contribution in [2.75, 3.05) is 10.6 Å². The summed E-state index contributed by atoms with van der Waals surface area (Å²) in [5, 5.41) is 2.96. The van der Waals surface area contributed by atoms with E-state index in [2.05, 4.69) is 10.3 Å². The van der Waals surface area contributed by atoms with Crippen LogP contribution >= 0.6 is 0 Å². The van der Waals surface area contributed by atoms with Gasteiger partial charge in [0.2, 0.25) is 10.0 Å². The van der Waals surface area contributed by atoms with Crippen LogP contribution in [0.2, 0.25) is 0 Å². The van der Waals surface area contributed by atoms with E-state index in [9.17, 15) is 13.2 Å². The van der Waals surface area contributed by atoms with Crippen molar-refractivity contribution in [2.24, 2.45) is 0 Å². The van der Waals surface area contributed by atoms with Crippen molar-refractivity contribution in [3.05, 3.63) is 113 Å². The fourth-order valence-electron chi connectivity index (χ4n) is 3.84. The maximum Gasteiger partial charge on any atom is 0.251 e. The number of nitrogens with one attached hydrogen (secondary N) is 1. The Bertz CT molecular complexity index is 1430. The lowest BCUT2D eigenvalue weighted by molar-refractivity contribution is 0.0951. The summed E-state index contributed by atoms with van der Waals surface area (Å²) < 4.78 is 28.3.